The lowest BCUT2D eigenvalue weighted by Crippen LogP contribution is -1.88. The first kappa shape index (κ1) is 10.9. The molecule has 0 heterocycles. The number of hydrogen-bond donors (Lipinski definition) is 0. The van der Waals surface area contributed by atoms with Crippen LogP contribution in [0.2, 0.25) is 0 Å². The SMILES string of the molecule is [c]1cccc(CCCCc2ccccc2)c1. The van der Waals surface area contributed by atoms with Gasteiger partial charge in [-0.3, -0.25) is 0 Å². The van der Waals surface area contributed by atoms with Gasteiger partial charge in [0.25, 0.3) is 0 Å². The highest BCUT2D eigenvalue weighted by atomic mass is 14.0. The van der Waals surface area contributed by atoms with E-state index in [-0.39, 0.29) is 0 Å². The summed E-state index contributed by atoms with van der Waals surface area (Å²) in [7, 11) is 0. The van der Waals surface area contributed by atoms with Gasteiger partial charge in [0.15, 0.2) is 0 Å². The van der Waals surface area contributed by atoms with Crippen molar-refractivity contribution in [1.29, 1.82) is 0 Å². The van der Waals surface area contributed by atoms with Crippen LogP contribution in [0.4, 0.5) is 0 Å². The summed E-state index contributed by atoms with van der Waals surface area (Å²) in [6.07, 6.45) is 4.88. The summed E-state index contributed by atoms with van der Waals surface area (Å²) in [4.78, 5) is 0. The monoisotopic (exact) mass is 209 g/mol. The zero-order valence-electron chi connectivity index (χ0n) is 9.52. The number of benzene rings is 2. The van der Waals surface area contributed by atoms with Crippen molar-refractivity contribution in [2.45, 2.75) is 25.7 Å². The number of hydrogen-bond acceptors (Lipinski definition) is 0. The Balaban J connectivity index is 1.70. The van der Waals surface area contributed by atoms with Gasteiger partial charge in [0, 0.05) is 0 Å². The average molecular weight is 209 g/mol. The summed E-state index contributed by atoms with van der Waals surface area (Å²) < 4.78 is 0. The summed E-state index contributed by atoms with van der Waals surface area (Å²) in [5.41, 5.74) is 2.85. The van der Waals surface area contributed by atoms with Gasteiger partial charge >= 0.3 is 0 Å². The fourth-order valence-electron chi connectivity index (χ4n) is 1.89. The first-order chi connectivity index (χ1) is 7.95. The summed E-state index contributed by atoms with van der Waals surface area (Å²) in [6, 6.07) is 22.1. The van der Waals surface area contributed by atoms with Crippen LogP contribution in [-0.4, -0.2) is 0 Å². The van der Waals surface area contributed by atoms with Crippen molar-refractivity contribution in [3.8, 4) is 0 Å². The lowest BCUT2D eigenvalue weighted by Gasteiger charge is -2.02. The zero-order valence-corrected chi connectivity index (χ0v) is 9.52. The van der Waals surface area contributed by atoms with Crippen LogP contribution in [0.5, 0.6) is 0 Å². The number of aryl methyl sites for hydroxylation is 2. The summed E-state index contributed by atoms with van der Waals surface area (Å²) >= 11 is 0. The molecule has 0 spiro atoms. The highest BCUT2D eigenvalue weighted by molar-refractivity contribution is 5.15. The van der Waals surface area contributed by atoms with Crippen LogP contribution in [0, 0.1) is 6.07 Å². The van der Waals surface area contributed by atoms with Crippen molar-refractivity contribution in [1.82, 2.24) is 0 Å². The van der Waals surface area contributed by atoms with Crippen molar-refractivity contribution in [3.05, 3.63) is 71.8 Å². The largest absolute Gasteiger partial charge is 0.0622 e. The van der Waals surface area contributed by atoms with E-state index in [4.69, 9.17) is 0 Å². The van der Waals surface area contributed by atoms with Gasteiger partial charge in [-0.25, -0.2) is 0 Å². The van der Waals surface area contributed by atoms with Crippen molar-refractivity contribution in [2.75, 3.05) is 0 Å². The highest BCUT2D eigenvalue weighted by Gasteiger charge is 1.94. The molecular formula is C16H17. The zero-order chi connectivity index (χ0) is 11.1. The van der Waals surface area contributed by atoms with E-state index < -0.39 is 0 Å². The third kappa shape index (κ3) is 3.54. The standard InChI is InChI=1S/C16H17/c1-3-9-15(10-4-1)13-7-8-14-16-11-5-2-6-12-16/h1-5,9-12H,7-8,13-14H2. The lowest BCUT2D eigenvalue weighted by molar-refractivity contribution is 0.734. The van der Waals surface area contributed by atoms with Crippen LogP contribution in [0.15, 0.2) is 54.6 Å². The molecule has 1 radical (unpaired) electrons. The van der Waals surface area contributed by atoms with E-state index in [1.807, 2.05) is 6.07 Å². The van der Waals surface area contributed by atoms with Gasteiger partial charge in [-0.05, 0) is 42.9 Å². The lowest BCUT2D eigenvalue weighted by atomic mass is 10.0. The first-order valence-corrected chi connectivity index (χ1v) is 5.94. The molecule has 0 amide bonds. The molecule has 2 aromatic rings. The molecule has 0 aliphatic rings. The predicted octanol–water partition coefficient (Wildman–Crippen LogP) is 4.05. The third-order valence-electron chi connectivity index (χ3n) is 2.80. The Morgan fingerprint density at radius 2 is 1.44 bits per heavy atom. The Morgan fingerprint density at radius 1 is 0.750 bits per heavy atom. The summed E-state index contributed by atoms with van der Waals surface area (Å²) in [6.45, 7) is 0. The van der Waals surface area contributed by atoms with E-state index in [1.165, 1.54) is 36.8 Å². The summed E-state index contributed by atoms with van der Waals surface area (Å²) in [5.74, 6) is 0. The predicted molar refractivity (Wildman–Crippen MR) is 68.4 cm³/mol. The second-order valence-corrected chi connectivity index (χ2v) is 4.10. The topological polar surface area (TPSA) is 0 Å². The molecule has 0 atom stereocenters. The van der Waals surface area contributed by atoms with Crippen LogP contribution in [0.3, 0.4) is 0 Å². The van der Waals surface area contributed by atoms with Crippen molar-refractivity contribution in [3.63, 3.8) is 0 Å². The molecular weight excluding hydrogens is 192 g/mol. The maximum absolute atomic E-state index is 3.12. The van der Waals surface area contributed by atoms with Crippen molar-refractivity contribution in [2.24, 2.45) is 0 Å². The van der Waals surface area contributed by atoms with Crippen molar-refractivity contribution >= 4 is 0 Å². The molecule has 0 heteroatoms. The Bertz CT molecular complexity index is 347. The van der Waals surface area contributed by atoms with Gasteiger partial charge in [0.2, 0.25) is 0 Å². The van der Waals surface area contributed by atoms with E-state index in [0.29, 0.717) is 0 Å². The minimum atomic E-state index is 1.17. The molecule has 0 aromatic heterocycles. The smallest absolute Gasteiger partial charge is 0.0181 e. The van der Waals surface area contributed by atoms with Gasteiger partial charge in [-0.1, -0.05) is 54.6 Å². The van der Waals surface area contributed by atoms with Crippen LogP contribution in [-0.2, 0) is 12.8 Å². The molecule has 0 fully saturated rings. The van der Waals surface area contributed by atoms with E-state index >= 15 is 0 Å². The molecule has 81 valence electrons. The molecule has 0 saturated carbocycles. The fourth-order valence-corrected chi connectivity index (χ4v) is 1.89. The van der Waals surface area contributed by atoms with Crippen LogP contribution >= 0.6 is 0 Å². The Kier molecular flexibility index (Phi) is 4.18. The number of rotatable bonds is 5. The molecule has 0 aliphatic carbocycles. The highest BCUT2D eigenvalue weighted by Crippen LogP contribution is 2.08. The maximum Gasteiger partial charge on any atom is -0.0181 e. The Labute approximate surface area is 97.9 Å². The molecule has 16 heavy (non-hydrogen) atoms. The minimum Gasteiger partial charge on any atom is -0.0622 e. The fraction of sp³-hybridized carbons (Fsp3) is 0.250. The second kappa shape index (κ2) is 6.12. The second-order valence-electron chi connectivity index (χ2n) is 4.10. The van der Waals surface area contributed by atoms with Gasteiger partial charge < -0.3 is 0 Å². The maximum atomic E-state index is 3.12. The van der Waals surface area contributed by atoms with E-state index in [2.05, 4.69) is 54.6 Å². The van der Waals surface area contributed by atoms with E-state index in [1.54, 1.807) is 0 Å². The number of unbranched alkanes of at least 4 members (excludes halogenated alkanes) is 1. The van der Waals surface area contributed by atoms with Gasteiger partial charge in [0.05, 0.1) is 0 Å². The normalized spacial score (nSPS) is 10.2. The Hall–Kier alpha value is -1.56. The molecule has 0 nitrogen and oxygen atoms in total. The van der Waals surface area contributed by atoms with Crippen LogP contribution in [0.25, 0.3) is 0 Å². The third-order valence-corrected chi connectivity index (χ3v) is 2.80. The molecule has 0 saturated heterocycles. The van der Waals surface area contributed by atoms with Crippen molar-refractivity contribution < 1.29 is 0 Å². The quantitative estimate of drug-likeness (QED) is 0.652. The average Bonchev–Trinajstić information content (AvgIpc) is 2.37. The molecule has 2 aromatic carbocycles. The van der Waals surface area contributed by atoms with Gasteiger partial charge in [-0.2, -0.15) is 0 Å². The molecule has 0 unspecified atom stereocenters. The molecule has 0 bridgehead atoms. The molecule has 0 aliphatic heterocycles. The van der Waals surface area contributed by atoms with Crippen LogP contribution in [0.1, 0.15) is 24.0 Å². The van der Waals surface area contributed by atoms with Gasteiger partial charge in [-0.15, -0.1) is 0 Å². The van der Waals surface area contributed by atoms with E-state index in [9.17, 15) is 0 Å². The van der Waals surface area contributed by atoms with Gasteiger partial charge in [0.1, 0.15) is 0 Å². The molecule has 2 rings (SSSR count). The first-order valence-electron chi connectivity index (χ1n) is 5.94. The minimum absolute atomic E-state index is 1.17. The van der Waals surface area contributed by atoms with Crippen LogP contribution < -0.4 is 0 Å². The summed E-state index contributed by atoms with van der Waals surface area (Å²) in [5, 5.41) is 0. The Morgan fingerprint density at radius 3 is 2.12 bits per heavy atom. The molecule has 0 N–H and O–H groups in total. The van der Waals surface area contributed by atoms with E-state index in [0.717, 1.165) is 0 Å².